The standard InChI is InChI=1S/C11H12BrN5O/c1-5-3-6(2)8(7(12)4-5)14-10(18)9-15-11(13)17-16-9/h3-4H,1-2H3,(H,14,18)(H3,13,15,16,17). The van der Waals surface area contributed by atoms with Crippen molar-refractivity contribution in [1.82, 2.24) is 15.2 Å². The number of rotatable bonds is 2. The van der Waals surface area contributed by atoms with Crippen molar-refractivity contribution in [3.05, 3.63) is 33.6 Å². The highest BCUT2D eigenvalue weighted by Gasteiger charge is 2.14. The number of benzene rings is 1. The molecule has 1 heterocycles. The Bertz CT molecular complexity index is 584. The topological polar surface area (TPSA) is 96.7 Å². The zero-order chi connectivity index (χ0) is 13.3. The maximum atomic E-state index is 11.9. The van der Waals surface area contributed by atoms with Crippen molar-refractivity contribution in [3.8, 4) is 0 Å². The third-order valence-corrected chi connectivity index (χ3v) is 3.01. The summed E-state index contributed by atoms with van der Waals surface area (Å²) in [7, 11) is 0. The lowest BCUT2D eigenvalue weighted by Gasteiger charge is -2.10. The van der Waals surface area contributed by atoms with E-state index < -0.39 is 0 Å². The second-order valence-corrected chi connectivity index (χ2v) is 4.79. The summed E-state index contributed by atoms with van der Waals surface area (Å²) in [5, 5.41) is 8.83. The molecule has 94 valence electrons. The molecule has 2 aromatic rings. The minimum Gasteiger partial charge on any atom is -0.366 e. The summed E-state index contributed by atoms with van der Waals surface area (Å²) < 4.78 is 0.820. The van der Waals surface area contributed by atoms with Crippen molar-refractivity contribution in [2.75, 3.05) is 11.1 Å². The molecule has 0 fully saturated rings. The Labute approximate surface area is 112 Å². The number of halogens is 1. The van der Waals surface area contributed by atoms with Gasteiger partial charge in [-0.1, -0.05) is 6.07 Å². The van der Waals surface area contributed by atoms with Crippen LogP contribution in [0.2, 0.25) is 0 Å². The summed E-state index contributed by atoms with van der Waals surface area (Å²) in [5.74, 6) is -0.258. The van der Waals surface area contributed by atoms with Crippen LogP contribution in [0.1, 0.15) is 21.7 Å². The zero-order valence-corrected chi connectivity index (χ0v) is 11.5. The van der Waals surface area contributed by atoms with Crippen LogP contribution in [0.4, 0.5) is 11.6 Å². The molecule has 1 aromatic heterocycles. The van der Waals surface area contributed by atoms with E-state index in [0.29, 0.717) is 5.69 Å². The smallest absolute Gasteiger partial charge is 0.293 e. The van der Waals surface area contributed by atoms with Crippen molar-refractivity contribution in [1.29, 1.82) is 0 Å². The van der Waals surface area contributed by atoms with Crippen molar-refractivity contribution < 1.29 is 4.79 Å². The average Bonchev–Trinajstić information content (AvgIpc) is 2.70. The monoisotopic (exact) mass is 309 g/mol. The summed E-state index contributed by atoms with van der Waals surface area (Å²) in [4.78, 5) is 15.7. The van der Waals surface area contributed by atoms with Crippen molar-refractivity contribution >= 4 is 33.5 Å². The number of nitrogens with one attached hydrogen (secondary N) is 2. The summed E-state index contributed by atoms with van der Waals surface area (Å²) >= 11 is 3.42. The summed E-state index contributed by atoms with van der Waals surface area (Å²) in [6, 6.07) is 3.91. The minimum absolute atomic E-state index is 0.0415. The minimum atomic E-state index is -0.383. The van der Waals surface area contributed by atoms with Gasteiger partial charge in [-0.05, 0) is 47.0 Å². The molecule has 0 aliphatic carbocycles. The third-order valence-electron chi connectivity index (χ3n) is 2.39. The first-order valence-electron chi connectivity index (χ1n) is 5.23. The molecular weight excluding hydrogens is 298 g/mol. The van der Waals surface area contributed by atoms with E-state index in [1.54, 1.807) is 0 Å². The fourth-order valence-electron chi connectivity index (χ4n) is 1.62. The molecule has 0 atom stereocenters. The number of nitrogens with two attached hydrogens (primary N) is 1. The molecule has 0 aliphatic heterocycles. The number of carbonyl (C=O) groups excluding carboxylic acids is 1. The lowest BCUT2D eigenvalue weighted by Crippen LogP contribution is -2.15. The van der Waals surface area contributed by atoms with Gasteiger partial charge in [0, 0.05) is 4.47 Å². The van der Waals surface area contributed by atoms with E-state index >= 15 is 0 Å². The number of H-pyrrole nitrogens is 1. The van der Waals surface area contributed by atoms with Crippen LogP contribution in [0.3, 0.4) is 0 Å². The van der Waals surface area contributed by atoms with Crippen LogP contribution in [0.25, 0.3) is 0 Å². The number of aromatic nitrogens is 3. The molecule has 0 aliphatic rings. The van der Waals surface area contributed by atoms with Gasteiger partial charge in [-0.15, -0.1) is 5.10 Å². The van der Waals surface area contributed by atoms with E-state index in [1.807, 2.05) is 26.0 Å². The molecule has 0 bridgehead atoms. The Morgan fingerprint density at radius 2 is 2.17 bits per heavy atom. The number of nitrogen functional groups attached to an aromatic ring is 1. The first kappa shape index (κ1) is 12.6. The lowest BCUT2D eigenvalue weighted by atomic mass is 10.1. The Balaban J connectivity index is 2.27. The van der Waals surface area contributed by atoms with Crippen LogP contribution in [-0.2, 0) is 0 Å². The maximum Gasteiger partial charge on any atom is 0.293 e. The van der Waals surface area contributed by atoms with E-state index in [1.165, 1.54) is 0 Å². The van der Waals surface area contributed by atoms with Crippen LogP contribution in [-0.4, -0.2) is 21.1 Å². The second-order valence-electron chi connectivity index (χ2n) is 3.93. The normalized spacial score (nSPS) is 10.4. The first-order chi connectivity index (χ1) is 8.47. The van der Waals surface area contributed by atoms with Crippen LogP contribution in [0.15, 0.2) is 16.6 Å². The molecule has 1 aromatic carbocycles. The Morgan fingerprint density at radius 3 is 2.72 bits per heavy atom. The van der Waals surface area contributed by atoms with Gasteiger partial charge in [-0.3, -0.25) is 9.89 Å². The van der Waals surface area contributed by atoms with E-state index in [2.05, 4.69) is 36.4 Å². The molecule has 18 heavy (non-hydrogen) atoms. The summed E-state index contributed by atoms with van der Waals surface area (Å²) in [5.41, 5.74) is 8.13. The molecule has 6 nitrogen and oxygen atoms in total. The molecule has 4 N–H and O–H groups in total. The SMILES string of the molecule is Cc1cc(C)c(NC(=O)c2nc(N)n[nH]2)c(Br)c1. The number of aromatic amines is 1. The molecular formula is C11H12BrN5O. The third kappa shape index (κ3) is 2.51. The van der Waals surface area contributed by atoms with Crippen molar-refractivity contribution in [2.45, 2.75) is 13.8 Å². The summed E-state index contributed by atoms with van der Waals surface area (Å²) in [6.07, 6.45) is 0. The van der Waals surface area contributed by atoms with Gasteiger partial charge in [-0.25, -0.2) is 0 Å². The van der Waals surface area contributed by atoms with E-state index in [0.717, 1.165) is 15.6 Å². The largest absolute Gasteiger partial charge is 0.366 e. The zero-order valence-electron chi connectivity index (χ0n) is 9.91. The molecule has 2 rings (SSSR count). The Hall–Kier alpha value is -1.89. The fraction of sp³-hybridized carbons (Fsp3) is 0.182. The van der Waals surface area contributed by atoms with Crippen molar-refractivity contribution in [3.63, 3.8) is 0 Å². The highest BCUT2D eigenvalue weighted by molar-refractivity contribution is 9.10. The molecule has 0 saturated heterocycles. The average molecular weight is 310 g/mol. The molecule has 0 radical (unpaired) electrons. The number of nitrogens with zero attached hydrogens (tertiary/aromatic N) is 2. The van der Waals surface area contributed by atoms with Crippen LogP contribution in [0, 0.1) is 13.8 Å². The number of aryl methyl sites for hydroxylation is 2. The van der Waals surface area contributed by atoms with Gasteiger partial charge >= 0.3 is 0 Å². The number of anilines is 2. The van der Waals surface area contributed by atoms with Crippen molar-refractivity contribution in [2.24, 2.45) is 0 Å². The van der Waals surface area contributed by atoms with Crippen LogP contribution >= 0.6 is 15.9 Å². The second kappa shape index (κ2) is 4.77. The first-order valence-corrected chi connectivity index (χ1v) is 6.02. The van der Waals surface area contributed by atoms with Crippen LogP contribution < -0.4 is 11.1 Å². The van der Waals surface area contributed by atoms with E-state index in [-0.39, 0.29) is 17.7 Å². The van der Waals surface area contributed by atoms with Gasteiger partial charge in [-0.2, -0.15) is 4.98 Å². The Kier molecular flexibility index (Phi) is 3.33. The highest BCUT2D eigenvalue weighted by atomic mass is 79.9. The van der Waals surface area contributed by atoms with E-state index in [4.69, 9.17) is 5.73 Å². The van der Waals surface area contributed by atoms with E-state index in [9.17, 15) is 4.79 Å². The number of hydrogen-bond donors (Lipinski definition) is 3. The molecule has 0 saturated carbocycles. The molecule has 7 heteroatoms. The maximum absolute atomic E-state index is 11.9. The number of amides is 1. The van der Waals surface area contributed by atoms with Gasteiger partial charge in [0.2, 0.25) is 11.8 Å². The lowest BCUT2D eigenvalue weighted by molar-refractivity contribution is 0.101. The Morgan fingerprint density at radius 1 is 1.44 bits per heavy atom. The quantitative estimate of drug-likeness (QED) is 0.790. The van der Waals surface area contributed by atoms with Gasteiger partial charge in [0.1, 0.15) is 0 Å². The fourth-order valence-corrected chi connectivity index (χ4v) is 2.40. The van der Waals surface area contributed by atoms with Gasteiger partial charge in [0.05, 0.1) is 5.69 Å². The van der Waals surface area contributed by atoms with Gasteiger partial charge < -0.3 is 11.1 Å². The van der Waals surface area contributed by atoms with Crippen LogP contribution in [0.5, 0.6) is 0 Å². The summed E-state index contributed by atoms with van der Waals surface area (Å²) in [6.45, 7) is 3.91. The van der Waals surface area contributed by atoms with Gasteiger partial charge in [0.25, 0.3) is 5.91 Å². The predicted octanol–water partition coefficient (Wildman–Crippen LogP) is 2.02. The number of hydrogen-bond acceptors (Lipinski definition) is 4. The predicted molar refractivity (Wildman–Crippen MR) is 72.4 cm³/mol. The molecule has 1 amide bonds. The highest BCUT2D eigenvalue weighted by Crippen LogP contribution is 2.27. The molecule has 0 unspecified atom stereocenters. The molecule has 0 spiro atoms. The number of carbonyl (C=O) groups is 1. The van der Waals surface area contributed by atoms with Gasteiger partial charge in [0.15, 0.2) is 0 Å².